The summed E-state index contributed by atoms with van der Waals surface area (Å²) in [6.45, 7) is -1.10. The summed E-state index contributed by atoms with van der Waals surface area (Å²) in [5, 5.41) is 10.2. The van der Waals surface area contributed by atoms with Crippen molar-refractivity contribution in [2.45, 2.75) is 0 Å². The van der Waals surface area contributed by atoms with Crippen molar-refractivity contribution in [3.63, 3.8) is 0 Å². The van der Waals surface area contributed by atoms with E-state index >= 15 is 0 Å². The summed E-state index contributed by atoms with van der Waals surface area (Å²) in [6.07, 6.45) is 0. The number of alkyl halides is 1. The molecule has 0 saturated heterocycles. The van der Waals surface area contributed by atoms with Gasteiger partial charge in [0.2, 0.25) is 6.86 Å². The Kier molecular flexibility index (Phi) is 3.49. The van der Waals surface area contributed by atoms with Gasteiger partial charge in [-0.05, 0) is 0 Å². The van der Waals surface area contributed by atoms with Crippen molar-refractivity contribution in [1.82, 2.24) is 0 Å². The van der Waals surface area contributed by atoms with Crippen LogP contribution in [0.25, 0.3) is 0 Å². The number of nitro benzene ring substituents is 1. The zero-order valence-electron chi connectivity index (χ0n) is 6.67. The number of hydrogen-bond donors (Lipinski definition) is 0. The van der Waals surface area contributed by atoms with E-state index in [1.54, 1.807) is 0 Å². The third-order valence-electron chi connectivity index (χ3n) is 1.39. The Morgan fingerprint density at radius 3 is 2.29 bits per heavy atom. The number of ether oxygens (including phenoxy) is 1. The van der Waals surface area contributed by atoms with Gasteiger partial charge in [0.25, 0.3) is 5.69 Å². The fraction of sp³-hybridized carbons (Fsp3) is 0.143. The molecule has 0 aliphatic rings. The topological polar surface area (TPSA) is 52.4 Å². The second-order valence-corrected chi connectivity index (χ2v) is 3.06. The van der Waals surface area contributed by atoms with Crippen LogP contribution in [0.2, 0.25) is 10.0 Å². The SMILES string of the molecule is O=[N+]([O-])c1cc(Cl)c(OCF)c(Cl)c1. The average Bonchev–Trinajstić information content (AvgIpc) is 2.10. The van der Waals surface area contributed by atoms with Crippen molar-refractivity contribution in [2.75, 3.05) is 6.86 Å². The molecule has 0 spiro atoms. The molecule has 1 aromatic rings. The predicted molar refractivity (Wildman–Crippen MR) is 49.7 cm³/mol. The molecule has 0 saturated carbocycles. The van der Waals surface area contributed by atoms with Crippen LogP contribution in [0, 0.1) is 10.1 Å². The molecule has 14 heavy (non-hydrogen) atoms. The fourth-order valence-corrected chi connectivity index (χ4v) is 1.43. The molecule has 0 unspecified atom stereocenters. The Morgan fingerprint density at radius 2 is 1.93 bits per heavy atom. The minimum atomic E-state index is -1.10. The minimum absolute atomic E-state index is 0.0955. The number of benzene rings is 1. The van der Waals surface area contributed by atoms with Gasteiger partial charge in [-0.15, -0.1) is 0 Å². The molecule has 0 heterocycles. The number of halogens is 3. The van der Waals surface area contributed by atoms with Gasteiger partial charge in [0, 0.05) is 12.1 Å². The molecule has 0 amide bonds. The third kappa shape index (κ3) is 2.24. The smallest absolute Gasteiger partial charge is 0.272 e. The van der Waals surface area contributed by atoms with Crippen LogP contribution in [-0.2, 0) is 0 Å². The van der Waals surface area contributed by atoms with E-state index in [1.807, 2.05) is 0 Å². The molecule has 0 radical (unpaired) electrons. The zero-order chi connectivity index (χ0) is 10.7. The Morgan fingerprint density at radius 1 is 1.43 bits per heavy atom. The summed E-state index contributed by atoms with van der Waals surface area (Å²) >= 11 is 11.2. The molecule has 4 nitrogen and oxygen atoms in total. The normalized spacial score (nSPS) is 9.93. The average molecular weight is 240 g/mol. The first kappa shape index (κ1) is 11.0. The number of hydrogen-bond acceptors (Lipinski definition) is 3. The maximum atomic E-state index is 11.8. The maximum absolute atomic E-state index is 11.8. The highest BCUT2D eigenvalue weighted by molar-refractivity contribution is 6.37. The summed E-state index contributed by atoms with van der Waals surface area (Å²) in [7, 11) is 0. The first-order chi connectivity index (χ1) is 6.56. The van der Waals surface area contributed by atoms with Crippen LogP contribution in [-0.4, -0.2) is 11.8 Å². The van der Waals surface area contributed by atoms with E-state index in [0.717, 1.165) is 12.1 Å². The van der Waals surface area contributed by atoms with Crippen molar-refractivity contribution in [3.05, 3.63) is 32.3 Å². The second-order valence-electron chi connectivity index (χ2n) is 2.25. The van der Waals surface area contributed by atoms with E-state index in [1.165, 1.54) is 0 Å². The van der Waals surface area contributed by atoms with Gasteiger partial charge in [-0.25, -0.2) is 4.39 Å². The van der Waals surface area contributed by atoms with Gasteiger partial charge in [0.05, 0.1) is 15.0 Å². The second kappa shape index (κ2) is 4.43. The Bertz CT molecular complexity index is 349. The fourth-order valence-electron chi connectivity index (χ4n) is 0.844. The Hall–Kier alpha value is -1.07. The van der Waals surface area contributed by atoms with Crippen LogP contribution in [0.4, 0.5) is 10.1 Å². The van der Waals surface area contributed by atoms with Crippen molar-refractivity contribution in [2.24, 2.45) is 0 Å². The molecule has 0 aliphatic heterocycles. The molecule has 7 heteroatoms. The van der Waals surface area contributed by atoms with E-state index in [2.05, 4.69) is 4.74 Å². The zero-order valence-corrected chi connectivity index (χ0v) is 8.18. The van der Waals surface area contributed by atoms with Crippen molar-refractivity contribution >= 4 is 28.9 Å². The standard InChI is InChI=1S/C7H4Cl2FNO3/c8-5-1-4(11(12)13)2-6(9)7(5)14-3-10/h1-2H,3H2. The molecule has 0 aliphatic carbocycles. The van der Waals surface area contributed by atoms with E-state index in [4.69, 9.17) is 23.2 Å². The lowest BCUT2D eigenvalue weighted by Crippen LogP contribution is -1.94. The van der Waals surface area contributed by atoms with Crippen LogP contribution in [0.15, 0.2) is 12.1 Å². The lowest BCUT2D eigenvalue weighted by molar-refractivity contribution is -0.384. The Balaban J connectivity index is 3.18. The van der Waals surface area contributed by atoms with Gasteiger partial charge < -0.3 is 4.74 Å². The van der Waals surface area contributed by atoms with Gasteiger partial charge in [-0.3, -0.25) is 10.1 Å². The van der Waals surface area contributed by atoms with Crippen LogP contribution >= 0.6 is 23.2 Å². The van der Waals surface area contributed by atoms with Crippen molar-refractivity contribution in [1.29, 1.82) is 0 Å². The van der Waals surface area contributed by atoms with E-state index in [0.29, 0.717) is 0 Å². The van der Waals surface area contributed by atoms with Crippen molar-refractivity contribution < 1.29 is 14.1 Å². The molecule has 76 valence electrons. The molecule has 0 aromatic heterocycles. The first-order valence-electron chi connectivity index (χ1n) is 3.38. The van der Waals surface area contributed by atoms with E-state index < -0.39 is 11.8 Å². The summed E-state index contributed by atoms with van der Waals surface area (Å²) in [5.41, 5.74) is -0.272. The summed E-state index contributed by atoms with van der Waals surface area (Å²) in [5.74, 6) is -0.0959. The molecule has 0 fully saturated rings. The van der Waals surface area contributed by atoms with Crippen LogP contribution in [0.3, 0.4) is 0 Å². The van der Waals surface area contributed by atoms with Crippen molar-refractivity contribution in [3.8, 4) is 5.75 Å². The van der Waals surface area contributed by atoms with Gasteiger partial charge in [-0.1, -0.05) is 23.2 Å². The lowest BCUT2D eigenvalue weighted by Gasteiger charge is -2.05. The number of rotatable bonds is 3. The molecular formula is C7H4Cl2FNO3. The minimum Gasteiger partial charge on any atom is -0.460 e. The maximum Gasteiger partial charge on any atom is 0.272 e. The van der Waals surface area contributed by atoms with E-state index in [-0.39, 0.29) is 21.5 Å². The quantitative estimate of drug-likeness (QED) is 0.602. The highest BCUT2D eigenvalue weighted by Crippen LogP contribution is 2.36. The monoisotopic (exact) mass is 239 g/mol. The van der Waals surface area contributed by atoms with Crippen LogP contribution < -0.4 is 4.74 Å². The lowest BCUT2D eigenvalue weighted by atomic mass is 10.3. The Labute approximate surface area is 88.3 Å². The van der Waals surface area contributed by atoms with E-state index in [9.17, 15) is 14.5 Å². The molecule has 0 N–H and O–H groups in total. The largest absolute Gasteiger partial charge is 0.460 e. The molecule has 1 rings (SSSR count). The summed E-state index contributed by atoms with van der Waals surface area (Å²) in [6, 6.07) is 2.08. The molecular weight excluding hydrogens is 236 g/mol. The third-order valence-corrected chi connectivity index (χ3v) is 1.95. The predicted octanol–water partition coefficient (Wildman–Crippen LogP) is 3.21. The highest BCUT2D eigenvalue weighted by atomic mass is 35.5. The first-order valence-corrected chi connectivity index (χ1v) is 4.14. The molecule has 0 atom stereocenters. The van der Waals surface area contributed by atoms with Gasteiger partial charge in [-0.2, -0.15) is 0 Å². The summed E-state index contributed by atoms with van der Waals surface area (Å²) in [4.78, 5) is 9.69. The molecule has 1 aromatic carbocycles. The number of nitrogens with zero attached hydrogens (tertiary/aromatic N) is 1. The number of nitro groups is 1. The number of non-ortho nitro benzene ring substituents is 1. The van der Waals surface area contributed by atoms with Gasteiger partial charge in [0.1, 0.15) is 0 Å². The van der Waals surface area contributed by atoms with Crippen LogP contribution in [0.5, 0.6) is 5.75 Å². The highest BCUT2D eigenvalue weighted by Gasteiger charge is 2.15. The molecule has 0 bridgehead atoms. The summed E-state index contributed by atoms with van der Waals surface area (Å²) < 4.78 is 16.3. The van der Waals surface area contributed by atoms with Crippen LogP contribution in [0.1, 0.15) is 0 Å². The van der Waals surface area contributed by atoms with Gasteiger partial charge in [0.15, 0.2) is 5.75 Å². The van der Waals surface area contributed by atoms with Gasteiger partial charge >= 0.3 is 0 Å².